The molecule has 1 aromatic rings. The van der Waals surface area contributed by atoms with Gasteiger partial charge in [0.2, 0.25) is 5.82 Å². The molecule has 3 nitrogen and oxygen atoms in total. The van der Waals surface area contributed by atoms with E-state index in [4.69, 9.17) is 0 Å². The highest BCUT2D eigenvalue weighted by molar-refractivity contribution is 5.11. The maximum absolute atomic E-state index is 12.4. The second kappa shape index (κ2) is 3.39. The molecule has 1 radical (unpaired) electrons. The van der Waals surface area contributed by atoms with Crippen LogP contribution in [0.15, 0.2) is 0 Å². The molecule has 0 amide bonds. The standard InChI is InChI=1S/C5HF6N2O/c6-2-1-12-13(5(9,10)11)3(2)14-4(7)8/h4H. The third kappa shape index (κ3) is 2.09. The van der Waals surface area contributed by atoms with E-state index < -0.39 is 29.3 Å². The van der Waals surface area contributed by atoms with E-state index >= 15 is 0 Å². The summed E-state index contributed by atoms with van der Waals surface area (Å²) in [6.45, 7) is -3.57. The fourth-order valence-electron chi connectivity index (χ4n) is 0.638. The Bertz CT molecular complexity index is 319. The van der Waals surface area contributed by atoms with Crippen molar-refractivity contribution in [2.45, 2.75) is 12.9 Å². The van der Waals surface area contributed by atoms with Crippen molar-refractivity contribution in [2.75, 3.05) is 0 Å². The van der Waals surface area contributed by atoms with Crippen molar-refractivity contribution in [1.29, 1.82) is 0 Å². The summed E-state index contributed by atoms with van der Waals surface area (Å²) in [5.41, 5.74) is 0. The van der Waals surface area contributed by atoms with E-state index in [9.17, 15) is 26.3 Å². The summed E-state index contributed by atoms with van der Waals surface area (Å²) < 4.78 is 73.5. The van der Waals surface area contributed by atoms with Crippen molar-refractivity contribution in [3.63, 3.8) is 0 Å². The van der Waals surface area contributed by atoms with Crippen molar-refractivity contribution in [2.24, 2.45) is 0 Å². The summed E-state index contributed by atoms with van der Waals surface area (Å²) in [6, 6.07) is 0. The summed E-state index contributed by atoms with van der Waals surface area (Å²) in [7, 11) is 0. The van der Waals surface area contributed by atoms with E-state index in [1.807, 2.05) is 0 Å². The number of hydrogen-bond donors (Lipinski definition) is 0. The average molecular weight is 219 g/mol. The third-order valence-electron chi connectivity index (χ3n) is 1.07. The lowest BCUT2D eigenvalue weighted by Crippen LogP contribution is -2.21. The van der Waals surface area contributed by atoms with E-state index in [-0.39, 0.29) is 0 Å². The molecule has 0 saturated heterocycles. The zero-order chi connectivity index (χ0) is 10.9. The second-order valence-electron chi connectivity index (χ2n) is 1.99. The van der Waals surface area contributed by atoms with Gasteiger partial charge < -0.3 is 4.74 Å². The van der Waals surface area contributed by atoms with Crippen molar-refractivity contribution >= 4 is 0 Å². The lowest BCUT2D eigenvalue weighted by molar-refractivity contribution is -0.218. The molecule has 0 aromatic carbocycles. The molecule has 1 rings (SSSR count). The lowest BCUT2D eigenvalue weighted by Gasteiger charge is -2.10. The second-order valence-corrected chi connectivity index (χ2v) is 1.99. The van der Waals surface area contributed by atoms with Crippen LogP contribution in [0.1, 0.15) is 0 Å². The number of halogens is 6. The van der Waals surface area contributed by atoms with Gasteiger partial charge in [-0.05, 0) is 0 Å². The van der Waals surface area contributed by atoms with E-state index in [1.54, 1.807) is 0 Å². The van der Waals surface area contributed by atoms with E-state index in [0.717, 1.165) is 0 Å². The minimum Gasteiger partial charge on any atom is -0.414 e. The van der Waals surface area contributed by atoms with Crippen LogP contribution < -0.4 is 4.74 Å². The Morgan fingerprint density at radius 3 is 2.36 bits per heavy atom. The first-order valence-corrected chi connectivity index (χ1v) is 3.00. The van der Waals surface area contributed by atoms with Gasteiger partial charge in [0.25, 0.3) is 5.88 Å². The van der Waals surface area contributed by atoms with Gasteiger partial charge in [-0.2, -0.15) is 18.3 Å². The van der Waals surface area contributed by atoms with Gasteiger partial charge >= 0.3 is 12.9 Å². The van der Waals surface area contributed by atoms with Gasteiger partial charge in [-0.25, -0.2) is 0 Å². The smallest absolute Gasteiger partial charge is 0.414 e. The van der Waals surface area contributed by atoms with Crippen LogP contribution in [0, 0.1) is 12.0 Å². The van der Waals surface area contributed by atoms with E-state index in [2.05, 4.69) is 9.84 Å². The lowest BCUT2D eigenvalue weighted by atomic mass is 10.6. The van der Waals surface area contributed by atoms with E-state index in [1.165, 1.54) is 6.20 Å². The molecule has 0 aliphatic heterocycles. The van der Waals surface area contributed by atoms with Gasteiger partial charge in [-0.3, -0.25) is 0 Å². The SMILES string of the molecule is Fc1[c]nn(C(F)(F)F)c1OC(F)F. The first-order chi connectivity index (χ1) is 6.32. The summed E-state index contributed by atoms with van der Waals surface area (Å²) in [5.74, 6) is -3.45. The monoisotopic (exact) mass is 219 g/mol. The van der Waals surface area contributed by atoms with Gasteiger partial charge in [0.05, 0.1) is 0 Å². The molecule has 79 valence electrons. The molecule has 9 heteroatoms. The van der Waals surface area contributed by atoms with Gasteiger partial charge in [0, 0.05) is 0 Å². The van der Waals surface area contributed by atoms with Crippen LogP contribution >= 0.6 is 0 Å². The van der Waals surface area contributed by atoms with Gasteiger partial charge in [0.15, 0.2) is 6.20 Å². The fraction of sp³-hybridized carbons (Fsp3) is 0.400. The topological polar surface area (TPSA) is 27.1 Å². The van der Waals surface area contributed by atoms with Gasteiger partial charge in [-0.1, -0.05) is 0 Å². The summed E-state index contributed by atoms with van der Waals surface area (Å²) in [4.78, 5) is 0. The van der Waals surface area contributed by atoms with Crippen LogP contribution in [-0.4, -0.2) is 16.4 Å². The Morgan fingerprint density at radius 1 is 1.36 bits per heavy atom. The molecule has 1 aromatic heterocycles. The number of ether oxygens (including phenoxy) is 1. The van der Waals surface area contributed by atoms with Crippen LogP contribution in [0.3, 0.4) is 0 Å². The molecule has 0 saturated carbocycles. The molecule has 0 aliphatic rings. The maximum atomic E-state index is 12.4. The highest BCUT2D eigenvalue weighted by Gasteiger charge is 2.37. The molecule has 0 unspecified atom stereocenters. The first-order valence-electron chi connectivity index (χ1n) is 3.00. The zero-order valence-electron chi connectivity index (χ0n) is 6.15. The number of rotatable bonds is 2. The molecule has 0 bridgehead atoms. The normalized spacial score (nSPS) is 12.2. The number of hydrogen-bond acceptors (Lipinski definition) is 2. The van der Waals surface area contributed by atoms with Gasteiger partial charge in [0.1, 0.15) is 0 Å². The van der Waals surface area contributed by atoms with Crippen LogP contribution in [0.5, 0.6) is 5.88 Å². The van der Waals surface area contributed by atoms with Crippen molar-refractivity contribution < 1.29 is 31.1 Å². The molecule has 0 spiro atoms. The van der Waals surface area contributed by atoms with Crippen molar-refractivity contribution in [3.05, 3.63) is 12.0 Å². The minimum absolute atomic E-state index is 0.978. The maximum Gasteiger partial charge on any atom is 0.507 e. The Hall–Kier alpha value is -1.41. The quantitative estimate of drug-likeness (QED) is 0.710. The Morgan fingerprint density at radius 2 is 1.93 bits per heavy atom. The Kier molecular flexibility index (Phi) is 2.58. The third-order valence-corrected chi connectivity index (χ3v) is 1.07. The van der Waals surface area contributed by atoms with Crippen LogP contribution in [0.4, 0.5) is 26.3 Å². The van der Waals surface area contributed by atoms with E-state index in [0.29, 0.717) is 0 Å². The molecule has 0 N–H and O–H groups in total. The average Bonchev–Trinajstić information content (AvgIpc) is 2.30. The highest BCUT2D eigenvalue weighted by Crippen LogP contribution is 2.29. The highest BCUT2D eigenvalue weighted by atomic mass is 19.4. The Balaban J connectivity index is 3.06. The fourth-order valence-corrected chi connectivity index (χ4v) is 0.638. The number of nitrogens with zero attached hydrogens (tertiary/aromatic N) is 2. The molecule has 14 heavy (non-hydrogen) atoms. The van der Waals surface area contributed by atoms with Crippen LogP contribution in [0.25, 0.3) is 0 Å². The summed E-state index contributed by atoms with van der Waals surface area (Å²) in [5, 5.41) is 2.37. The van der Waals surface area contributed by atoms with Crippen molar-refractivity contribution in [1.82, 2.24) is 9.78 Å². The van der Waals surface area contributed by atoms with Gasteiger partial charge in [-0.15, -0.1) is 17.9 Å². The minimum atomic E-state index is -5.13. The molecular weight excluding hydrogens is 218 g/mol. The number of aromatic nitrogens is 2. The predicted molar refractivity (Wildman–Crippen MR) is 29.0 cm³/mol. The number of alkyl halides is 5. The van der Waals surface area contributed by atoms with Crippen LogP contribution in [0.2, 0.25) is 0 Å². The molecule has 0 aliphatic carbocycles. The molecule has 0 fully saturated rings. The molecule has 0 atom stereocenters. The largest absolute Gasteiger partial charge is 0.507 e. The molecule has 1 heterocycles. The van der Waals surface area contributed by atoms with Crippen molar-refractivity contribution in [3.8, 4) is 5.88 Å². The summed E-state index contributed by atoms with van der Waals surface area (Å²) >= 11 is 0. The summed E-state index contributed by atoms with van der Waals surface area (Å²) in [6.07, 6.45) is -3.92. The zero-order valence-corrected chi connectivity index (χ0v) is 6.15. The predicted octanol–water partition coefficient (Wildman–Crippen LogP) is 1.90. The molecular formula is C5HF6N2O. The van der Waals surface area contributed by atoms with Crippen LogP contribution in [-0.2, 0) is 6.30 Å². The Labute approximate surface area is 72.9 Å². The first kappa shape index (κ1) is 10.7.